The van der Waals surface area contributed by atoms with Crippen molar-refractivity contribution >= 4 is 16.7 Å². The van der Waals surface area contributed by atoms with Crippen LogP contribution in [0.15, 0.2) is 67.0 Å². The van der Waals surface area contributed by atoms with Crippen molar-refractivity contribution in [3.05, 3.63) is 78.1 Å². The average Bonchev–Trinajstić information content (AvgIpc) is 3.10. The number of nitrogens with zero attached hydrogens (tertiary/aromatic N) is 2. The molecule has 3 aromatic rings. The van der Waals surface area contributed by atoms with Gasteiger partial charge in [0, 0.05) is 44.1 Å². The lowest BCUT2D eigenvalue weighted by Crippen LogP contribution is -2.50. The van der Waals surface area contributed by atoms with Gasteiger partial charge in [0.15, 0.2) is 0 Å². The Kier molecular flexibility index (Phi) is 6.22. The molecule has 0 bridgehead atoms. The molecule has 1 unspecified atom stereocenters. The van der Waals surface area contributed by atoms with Gasteiger partial charge in [-0.05, 0) is 67.0 Å². The van der Waals surface area contributed by atoms with Crippen molar-refractivity contribution in [2.24, 2.45) is 5.92 Å². The summed E-state index contributed by atoms with van der Waals surface area (Å²) in [6, 6.07) is 19.0. The number of hydrogen-bond donors (Lipinski definition) is 0. The molecule has 2 fully saturated rings. The summed E-state index contributed by atoms with van der Waals surface area (Å²) in [5.74, 6) is 0.906. The number of carbonyl (C=O) groups is 1. The topological polar surface area (TPSA) is 42.4 Å². The molecule has 0 spiro atoms. The van der Waals surface area contributed by atoms with Crippen LogP contribution in [0.2, 0.25) is 0 Å². The zero-order chi connectivity index (χ0) is 21.8. The highest BCUT2D eigenvalue weighted by molar-refractivity contribution is 5.88. The van der Waals surface area contributed by atoms with E-state index in [4.69, 9.17) is 4.74 Å². The number of hydrogen-bond acceptors (Lipinski definition) is 3. The molecular weight excluding hydrogens is 396 g/mol. The Bertz CT molecular complexity index is 1050. The second-order valence-corrected chi connectivity index (χ2v) is 9.37. The lowest BCUT2D eigenvalue weighted by molar-refractivity contribution is -0.141. The second-order valence-electron chi connectivity index (χ2n) is 9.37. The van der Waals surface area contributed by atoms with Crippen LogP contribution in [-0.4, -0.2) is 42.1 Å². The monoisotopic (exact) mass is 428 g/mol. The minimum atomic E-state index is -0.430. The van der Waals surface area contributed by atoms with Crippen LogP contribution in [0.4, 0.5) is 0 Å². The van der Waals surface area contributed by atoms with E-state index in [-0.39, 0.29) is 0 Å². The van der Waals surface area contributed by atoms with Gasteiger partial charge in [0.2, 0.25) is 5.91 Å². The van der Waals surface area contributed by atoms with Gasteiger partial charge < -0.3 is 9.64 Å². The maximum atomic E-state index is 13.9. The van der Waals surface area contributed by atoms with Crippen molar-refractivity contribution in [1.82, 2.24) is 9.88 Å². The van der Waals surface area contributed by atoms with Gasteiger partial charge in [-0.1, -0.05) is 48.5 Å². The number of amides is 1. The number of ether oxygens (including phenoxy) is 1. The van der Waals surface area contributed by atoms with Crippen molar-refractivity contribution in [2.75, 3.05) is 26.3 Å². The molecule has 1 atom stereocenters. The summed E-state index contributed by atoms with van der Waals surface area (Å²) in [6.07, 6.45) is 9.76. The van der Waals surface area contributed by atoms with E-state index in [0.717, 1.165) is 50.8 Å². The Hall–Kier alpha value is -2.72. The molecule has 3 heterocycles. The molecule has 0 N–H and O–H groups in total. The number of carbonyl (C=O) groups excluding carboxylic acids is 1. The van der Waals surface area contributed by atoms with Crippen molar-refractivity contribution in [3.8, 4) is 0 Å². The first-order valence-corrected chi connectivity index (χ1v) is 12.0. The van der Waals surface area contributed by atoms with E-state index < -0.39 is 5.41 Å². The maximum Gasteiger partial charge on any atom is 0.233 e. The van der Waals surface area contributed by atoms with Crippen molar-refractivity contribution in [1.29, 1.82) is 0 Å². The zero-order valence-corrected chi connectivity index (χ0v) is 18.7. The standard InChI is InChI=1S/C28H32N2O2/c31-27(28(13-18-32-19-14-28)25-9-2-1-3-10-25)30-16-5-6-22(12-17-30)20-24-8-4-7-23-11-15-29-21-26(23)24/h1-4,7-11,15,21-22H,5-6,12-14,16-20H2. The molecule has 166 valence electrons. The van der Waals surface area contributed by atoms with E-state index in [1.807, 2.05) is 18.5 Å². The predicted octanol–water partition coefficient (Wildman–Crippen LogP) is 5.15. The molecule has 2 saturated heterocycles. The molecular formula is C28H32N2O2. The van der Waals surface area contributed by atoms with Gasteiger partial charge in [-0.2, -0.15) is 0 Å². The number of rotatable bonds is 4. The van der Waals surface area contributed by atoms with Crippen molar-refractivity contribution in [2.45, 2.75) is 43.9 Å². The third kappa shape index (κ3) is 4.16. The van der Waals surface area contributed by atoms with Gasteiger partial charge in [0.1, 0.15) is 0 Å². The normalized spacial score (nSPS) is 21.2. The molecule has 5 rings (SSSR count). The summed E-state index contributed by atoms with van der Waals surface area (Å²) in [5.41, 5.74) is 2.10. The zero-order valence-electron chi connectivity index (χ0n) is 18.7. The fraction of sp³-hybridized carbons (Fsp3) is 0.429. The predicted molar refractivity (Wildman–Crippen MR) is 128 cm³/mol. The lowest BCUT2D eigenvalue weighted by atomic mass is 9.73. The van der Waals surface area contributed by atoms with E-state index in [2.05, 4.69) is 58.4 Å². The third-order valence-corrected chi connectivity index (χ3v) is 7.50. The lowest BCUT2D eigenvalue weighted by Gasteiger charge is -2.40. The van der Waals surface area contributed by atoms with Crippen LogP contribution >= 0.6 is 0 Å². The minimum absolute atomic E-state index is 0.307. The number of aromatic nitrogens is 1. The van der Waals surface area contributed by atoms with Crippen LogP contribution in [0, 0.1) is 5.92 Å². The first-order chi connectivity index (χ1) is 15.8. The Morgan fingerprint density at radius 1 is 1.00 bits per heavy atom. The highest BCUT2D eigenvalue weighted by Gasteiger charge is 2.44. The van der Waals surface area contributed by atoms with Gasteiger partial charge in [-0.3, -0.25) is 9.78 Å². The summed E-state index contributed by atoms with van der Waals surface area (Å²) >= 11 is 0. The Labute approximate surface area is 190 Å². The molecule has 0 aliphatic carbocycles. The smallest absolute Gasteiger partial charge is 0.233 e. The van der Waals surface area contributed by atoms with Crippen LogP contribution in [-0.2, 0) is 21.4 Å². The third-order valence-electron chi connectivity index (χ3n) is 7.50. The molecule has 1 aromatic heterocycles. The molecule has 4 nitrogen and oxygen atoms in total. The Morgan fingerprint density at radius 2 is 1.84 bits per heavy atom. The summed E-state index contributed by atoms with van der Waals surface area (Å²) < 4.78 is 5.65. The van der Waals surface area contributed by atoms with Crippen LogP contribution < -0.4 is 0 Å². The van der Waals surface area contributed by atoms with E-state index in [1.165, 1.54) is 22.8 Å². The summed E-state index contributed by atoms with van der Waals surface area (Å²) in [5, 5.41) is 2.52. The molecule has 0 radical (unpaired) electrons. The average molecular weight is 429 g/mol. The van der Waals surface area contributed by atoms with Crippen molar-refractivity contribution < 1.29 is 9.53 Å². The Morgan fingerprint density at radius 3 is 2.69 bits per heavy atom. The largest absolute Gasteiger partial charge is 0.381 e. The highest BCUT2D eigenvalue weighted by Crippen LogP contribution is 2.38. The van der Waals surface area contributed by atoms with E-state index in [0.29, 0.717) is 25.0 Å². The fourth-order valence-corrected chi connectivity index (χ4v) is 5.64. The number of pyridine rings is 1. The molecule has 2 aliphatic heterocycles. The van der Waals surface area contributed by atoms with Gasteiger partial charge in [0.05, 0.1) is 5.41 Å². The van der Waals surface area contributed by atoms with Crippen LogP contribution in [0.3, 0.4) is 0 Å². The first-order valence-electron chi connectivity index (χ1n) is 12.0. The SMILES string of the molecule is O=C(N1CCCC(Cc2cccc3ccncc23)CC1)C1(c2ccccc2)CCOCC1. The van der Waals surface area contributed by atoms with Crippen molar-refractivity contribution in [3.63, 3.8) is 0 Å². The molecule has 32 heavy (non-hydrogen) atoms. The minimum Gasteiger partial charge on any atom is -0.381 e. The van der Waals surface area contributed by atoms with Crippen LogP contribution in [0.25, 0.3) is 10.8 Å². The van der Waals surface area contributed by atoms with Gasteiger partial charge in [-0.15, -0.1) is 0 Å². The van der Waals surface area contributed by atoms with Crippen LogP contribution in [0.5, 0.6) is 0 Å². The maximum absolute atomic E-state index is 13.9. The van der Waals surface area contributed by atoms with E-state index in [1.54, 1.807) is 0 Å². The number of likely N-dealkylation sites (tertiary alicyclic amines) is 1. The first kappa shape index (κ1) is 21.1. The summed E-state index contributed by atoms with van der Waals surface area (Å²) in [6.45, 7) is 3.03. The molecule has 2 aliphatic rings. The van der Waals surface area contributed by atoms with E-state index >= 15 is 0 Å². The molecule has 0 saturated carbocycles. The summed E-state index contributed by atoms with van der Waals surface area (Å²) in [4.78, 5) is 20.4. The van der Waals surface area contributed by atoms with Gasteiger partial charge in [-0.25, -0.2) is 0 Å². The quantitative estimate of drug-likeness (QED) is 0.577. The van der Waals surface area contributed by atoms with Gasteiger partial charge >= 0.3 is 0 Å². The molecule has 1 amide bonds. The molecule has 2 aromatic carbocycles. The Balaban J connectivity index is 1.32. The number of fused-ring (bicyclic) bond motifs is 1. The summed E-state index contributed by atoms with van der Waals surface area (Å²) in [7, 11) is 0. The van der Waals surface area contributed by atoms with E-state index in [9.17, 15) is 4.79 Å². The second kappa shape index (κ2) is 9.41. The van der Waals surface area contributed by atoms with Crippen LogP contribution in [0.1, 0.15) is 43.2 Å². The highest BCUT2D eigenvalue weighted by atomic mass is 16.5. The van der Waals surface area contributed by atoms with Gasteiger partial charge in [0.25, 0.3) is 0 Å². The fourth-order valence-electron chi connectivity index (χ4n) is 5.64. The molecule has 4 heteroatoms. The number of benzene rings is 2.